The van der Waals surface area contributed by atoms with Crippen molar-refractivity contribution in [2.24, 2.45) is 5.73 Å². The molecule has 1 unspecified atom stereocenters. The molecule has 0 aliphatic heterocycles. The van der Waals surface area contributed by atoms with Gasteiger partial charge in [-0.2, -0.15) is 0 Å². The zero-order valence-electron chi connectivity index (χ0n) is 12.2. The maximum absolute atomic E-state index is 6.08. The second kappa shape index (κ2) is 6.35. The predicted molar refractivity (Wildman–Crippen MR) is 77.8 cm³/mol. The molecule has 0 aromatic heterocycles. The number of hydrogen-bond donors (Lipinski definition) is 1. The number of rotatable bonds is 7. The van der Waals surface area contributed by atoms with Crippen LogP contribution in [-0.2, 0) is 10.2 Å². The number of nitrogens with two attached hydrogens (primary N) is 1. The van der Waals surface area contributed by atoms with E-state index in [1.807, 2.05) is 0 Å². The average Bonchev–Trinajstić information content (AvgIpc) is 2.42. The van der Waals surface area contributed by atoms with Crippen LogP contribution in [0.15, 0.2) is 30.3 Å². The Hall–Kier alpha value is -0.860. The molecule has 1 atom stereocenters. The largest absolute Gasteiger partial charge is 0.379 e. The van der Waals surface area contributed by atoms with Crippen molar-refractivity contribution < 1.29 is 4.74 Å². The number of methoxy groups -OCH3 is 1. The van der Waals surface area contributed by atoms with Crippen LogP contribution < -0.4 is 5.73 Å². The second-order valence-corrected chi connectivity index (χ2v) is 5.67. The van der Waals surface area contributed by atoms with Gasteiger partial charge in [0.1, 0.15) is 0 Å². The van der Waals surface area contributed by atoms with Crippen LogP contribution in [0.25, 0.3) is 0 Å². The summed E-state index contributed by atoms with van der Waals surface area (Å²) in [5, 5.41) is 0. The van der Waals surface area contributed by atoms with Crippen LogP contribution in [0.4, 0.5) is 0 Å². The highest BCUT2D eigenvalue weighted by molar-refractivity contribution is 5.25. The third-order valence-corrected chi connectivity index (χ3v) is 4.21. The summed E-state index contributed by atoms with van der Waals surface area (Å²) in [5.41, 5.74) is 7.43. The highest BCUT2D eigenvalue weighted by Crippen LogP contribution is 2.34. The van der Waals surface area contributed by atoms with Gasteiger partial charge in [-0.3, -0.25) is 0 Å². The van der Waals surface area contributed by atoms with Gasteiger partial charge >= 0.3 is 0 Å². The summed E-state index contributed by atoms with van der Waals surface area (Å²) >= 11 is 0. The lowest BCUT2D eigenvalue weighted by atomic mass is 9.73. The Kier molecular flexibility index (Phi) is 5.36. The molecular weight excluding hydrogens is 222 g/mol. The first kappa shape index (κ1) is 15.2. The quantitative estimate of drug-likeness (QED) is 0.802. The van der Waals surface area contributed by atoms with E-state index in [4.69, 9.17) is 10.5 Å². The molecule has 0 aliphatic rings. The Labute approximate surface area is 112 Å². The lowest BCUT2D eigenvalue weighted by molar-refractivity contribution is 0.00857. The standard InChI is InChI=1S/C16H27NO/c1-5-16(13-17,12-11-15(2,3)18-4)14-9-7-6-8-10-14/h6-10H,5,11-13,17H2,1-4H3. The second-order valence-electron chi connectivity index (χ2n) is 5.67. The maximum Gasteiger partial charge on any atom is 0.0623 e. The summed E-state index contributed by atoms with van der Waals surface area (Å²) in [5.74, 6) is 0. The van der Waals surface area contributed by atoms with Crippen LogP contribution in [0.3, 0.4) is 0 Å². The predicted octanol–water partition coefficient (Wildman–Crippen LogP) is 3.50. The van der Waals surface area contributed by atoms with E-state index < -0.39 is 0 Å². The molecule has 18 heavy (non-hydrogen) atoms. The van der Waals surface area contributed by atoms with Crippen molar-refractivity contribution in [1.29, 1.82) is 0 Å². The molecular formula is C16H27NO. The molecule has 0 fully saturated rings. The maximum atomic E-state index is 6.08. The monoisotopic (exact) mass is 249 g/mol. The van der Waals surface area contributed by atoms with Crippen molar-refractivity contribution in [1.82, 2.24) is 0 Å². The highest BCUT2D eigenvalue weighted by Gasteiger charge is 2.31. The van der Waals surface area contributed by atoms with Crippen molar-refractivity contribution in [2.75, 3.05) is 13.7 Å². The smallest absolute Gasteiger partial charge is 0.0623 e. The van der Waals surface area contributed by atoms with Gasteiger partial charge in [0, 0.05) is 19.1 Å². The Balaban J connectivity index is 2.88. The minimum Gasteiger partial charge on any atom is -0.379 e. The van der Waals surface area contributed by atoms with Gasteiger partial charge in [0.2, 0.25) is 0 Å². The van der Waals surface area contributed by atoms with Crippen LogP contribution >= 0.6 is 0 Å². The fraction of sp³-hybridized carbons (Fsp3) is 0.625. The topological polar surface area (TPSA) is 35.2 Å². The number of benzene rings is 1. The Bertz CT molecular complexity index is 341. The molecule has 2 heteroatoms. The fourth-order valence-electron chi connectivity index (χ4n) is 2.32. The lowest BCUT2D eigenvalue weighted by Crippen LogP contribution is -2.37. The Morgan fingerprint density at radius 3 is 2.17 bits per heavy atom. The summed E-state index contributed by atoms with van der Waals surface area (Å²) in [6.07, 6.45) is 3.14. The van der Waals surface area contributed by atoms with E-state index in [-0.39, 0.29) is 11.0 Å². The minimum absolute atomic E-state index is 0.0790. The molecule has 0 aliphatic carbocycles. The van der Waals surface area contributed by atoms with Gasteiger partial charge < -0.3 is 10.5 Å². The molecule has 2 N–H and O–H groups in total. The molecule has 0 heterocycles. The van der Waals surface area contributed by atoms with Gasteiger partial charge in [0.05, 0.1) is 5.60 Å². The van der Waals surface area contributed by atoms with Crippen molar-refractivity contribution in [3.63, 3.8) is 0 Å². The number of ether oxygens (including phenoxy) is 1. The summed E-state index contributed by atoms with van der Waals surface area (Å²) in [4.78, 5) is 0. The molecule has 0 saturated carbocycles. The van der Waals surface area contributed by atoms with Crippen molar-refractivity contribution >= 4 is 0 Å². The van der Waals surface area contributed by atoms with Gasteiger partial charge in [0.15, 0.2) is 0 Å². The van der Waals surface area contributed by atoms with Crippen LogP contribution in [0.5, 0.6) is 0 Å². The first-order valence-electron chi connectivity index (χ1n) is 6.80. The average molecular weight is 249 g/mol. The van der Waals surface area contributed by atoms with E-state index in [9.17, 15) is 0 Å². The summed E-state index contributed by atoms with van der Waals surface area (Å²) in [7, 11) is 1.78. The van der Waals surface area contributed by atoms with Crippen molar-refractivity contribution in [3.05, 3.63) is 35.9 Å². The van der Waals surface area contributed by atoms with Gasteiger partial charge in [-0.15, -0.1) is 0 Å². The molecule has 0 bridgehead atoms. The third-order valence-electron chi connectivity index (χ3n) is 4.21. The molecule has 102 valence electrons. The first-order valence-corrected chi connectivity index (χ1v) is 6.80. The summed E-state index contributed by atoms with van der Waals surface area (Å²) < 4.78 is 5.52. The summed E-state index contributed by atoms with van der Waals surface area (Å²) in [6.45, 7) is 7.18. The zero-order chi connectivity index (χ0) is 13.6. The molecule has 1 rings (SSSR count). The summed E-state index contributed by atoms with van der Waals surface area (Å²) in [6, 6.07) is 10.6. The van der Waals surface area contributed by atoms with Gasteiger partial charge in [-0.1, -0.05) is 37.3 Å². The molecule has 0 radical (unpaired) electrons. The van der Waals surface area contributed by atoms with Crippen LogP contribution in [-0.4, -0.2) is 19.3 Å². The highest BCUT2D eigenvalue weighted by atomic mass is 16.5. The molecule has 1 aromatic rings. The van der Waals surface area contributed by atoms with E-state index in [0.717, 1.165) is 19.3 Å². The Morgan fingerprint density at radius 1 is 1.11 bits per heavy atom. The van der Waals surface area contributed by atoms with Crippen LogP contribution in [0, 0.1) is 0 Å². The fourth-order valence-corrected chi connectivity index (χ4v) is 2.32. The number of hydrogen-bond acceptors (Lipinski definition) is 2. The van der Waals surface area contributed by atoms with E-state index in [2.05, 4.69) is 51.1 Å². The van der Waals surface area contributed by atoms with E-state index in [1.54, 1.807) is 7.11 Å². The molecule has 2 nitrogen and oxygen atoms in total. The van der Waals surface area contributed by atoms with Gasteiger partial charge in [0.25, 0.3) is 0 Å². The van der Waals surface area contributed by atoms with Crippen molar-refractivity contribution in [3.8, 4) is 0 Å². The Morgan fingerprint density at radius 2 is 1.72 bits per heavy atom. The SMILES string of the molecule is CCC(CN)(CCC(C)(C)OC)c1ccccc1. The normalized spacial score (nSPS) is 15.4. The molecule has 0 saturated heterocycles. The van der Waals surface area contributed by atoms with E-state index in [0.29, 0.717) is 6.54 Å². The van der Waals surface area contributed by atoms with E-state index in [1.165, 1.54) is 5.56 Å². The van der Waals surface area contributed by atoms with Gasteiger partial charge in [-0.25, -0.2) is 0 Å². The lowest BCUT2D eigenvalue weighted by Gasteiger charge is -2.35. The third kappa shape index (κ3) is 3.56. The van der Waals surface area contributed by atoms with Crippen LogP contribution in [0.2, 0.25) is 0 Å². The van der Waals surface area contributed by atoms with Crippen LogP contribution in [0.1, 0.15) is 45.6 Å². The molecule has 0 spiro atoms. The zero-order valence-corrected chi connectivity index (χ0v) is 12.2. The first-order chi connectivity index (χ1) is 8.49. The minimum atomic E-state index is -0.0790. The molecule has 1 aromatic carbocycles. The van der Waals surface area contributed by atoms with E-state index >= 15 is 0 Å². The molecule has 0 amide bonds. The van der Waals surface area contributed by atoms with Gasteiger partial charge in [-0.05, 0) is 38.7 Å². The van der Waals surface area contributed by atoms with Crippen molar-refractivity contribution in [2.45, 2.75) is 51.0 Å².